The Morgan fingerprint density at radius 2 is 1.63 bits per heavy atom. The summed E-state index contributed by atoms with van der Waals surface area (Å²) in [5, 5.41) is 15.9. The number of rotatable bonds is 7. The van der Waals surface area contributed by atoms with Crippen molar-refractivity contribution in [3.63, 3.8) is 0 Å². The summed E-state index contributed by atoms with van der Waals surface area (Å²) in [6.07, 6.45) is -1.05. The third kappa shape index (κ3) is 4.79. The number of carboxylic acid groups (broad SMARTS) is 1. The Balaban J connectivity index is 1.79. The Morgan fingerprint density at radius 3 is 2.30 bits per heavy atom. The molecule has 3 aromatic carbocycles. The van der Waals surface area contributed by atoms with Crippen molar-refractivity contribution in [3.8, 4) is 0 Å². The molecule has 6 nitrogen and oxygen atoms in total. The Kier molecular flexibility index (Phi) is 6.72. The number of hydrogen-bond acceptors (Lipinski definition) is 4. The molecule has 0 fully saturated rings. The van der Waals surface area contributed by atoms with Crippen LogP contribution in [0.15, 0.2) is 66.7 Å². The van der Waals surface area contributed by atoms with Gasteiger partial charge in [0.25, 0.3) is 5.91 Å². The molecule has 0 heterocycles. The highest BCUT2D eigenvalue weighted by molar-refractivity contribution is 6.31. The van der Waals surface area contributed by atoms with Crippen LogP contribution in [0, 0.1) is 6.92 Å². The zero-order valence-corrected chi connectivity index (χ0v) is 17.2. The highest BCUT2D eigenvalue weighted by atomic mass is 35.5. The standard InChI is InChI=1S/C23H21ClN2O4/c1-14-18(24)7-5-9-19(14)26-20-8-4-3-6-17(20)22(27)25-16-12-10-15(11-13-16)21(30-2)23(28)29/h3-13,21,26H,1-2H3,(H,25,27)(H,28,29). The first-order valence-electron chi connectivity index (χ1n) is 9.18. The third-order valence-corrected chi connectivity index (χ3v) is 5.05. The average Bonchev–Trinajstić information content (AvgIpc) is 2.73. The fourth-order valence-corrected chi connectivity index (χ4v) is 3.17. The number of nitrogens with one attached hydrogen (secondary N) is 2. The van der Waals surface area contributed by atoms with Gasteiger partial charge in [0.15, 0.2) is 6.10 Å². The number of halogens is 1. The topological polar surface area (TPSA) is 87.7 Å². The second kappa shape index (κ2) is 9.43. The summed E-state index contributed by atoms with van der Waals surface area (Å²) in [5.41, 5.74) is 3.82. The average molecular weight is 425 g/mol. The molecule has 0 saturated heterocycles. The third-order valence-electron chi connectivity index (χ3n) is 4.64. The fraction of sp³-hybridized carbons (Fsp3) is 0.130. The number of carbonyl (C=O) groups excluding carboxylic acids is 1. The molecule has 3 rings (SSSR count). The molecule has 1 unspecified atom stereocenters. The zero-order chi connectivity index (χ0) is 21.7. The Bertz CT molecular complexity index is 1070. The van der Waals surface area contributed by atoms with Crippen LogP contribution in [-0.2, 0) is 9.53 Å². The molecule has 0 aliphatic carbocycles. The summed E-state index contributed by atoms with van der Waals surface area (Å²) in [4.78, 5) is 24.1. The first-order valence-corrected chi connectivity index (χ1v) is 9.56. The monoisotopic (exact) mass is 424 g/mol. The molecule has 3 aromatic rings. The summed E-state index contributed by atoms with van der Waals surface area (Å²) in [7, 11) is 1.33. The Hall–Kier alpha value is -3.35. The molecule has 154 valence electrons. The van der Waals surface area contributed by atoms with Crippen LogP contribution in [0.25, 0.3) is 0 Å². The van der Waals surface area contributed by atoms with E-state index in [0.29, 0.717) is 27.5 Å². The van der Waals surface area contributed by atoms with Gasteiger partial charge in [-0.05, 0) is 54.4 Å². The van der Waals surface area contributed by atoms with E-state index in [9.17, 15) is 9.59 Å². The van der Waals surface area contributed by atoms with Crippen molar-refractivity contribution in [3.05, 3.63) is 88.4 Å². The second-order valence-electron chi connectivity index (χ2n) is 6.61. The van der Waals surface area contributed by atoms with Crippen LogP contribution in [0.3, 0.4) is 0 Å². The van der Waals surface area contributed by atoms with E-state index in [2.05, 4.69) is 10.6 Å². The van der Waals surface area contributed by atoms with Crippen LogP contribution in [0.2, 0.25) is 5.02 Å². The largest absolute Gasteiger partial charge is 0.479 e. The lowest BCUT2D eigenvalue weighted by atomic mass is 10.1. The van der Waals surface area contributed by atoms with Crippen molar-refractivity contribution in [2.45, 2.75) is 13.0 Å². The minimum atomic E-state index is -1.08. The van der Waals surface area contributed by atoms with Crippen LogP contribution < -0.4 is 10.6 Å². The quantitative estimate of drug-likeness (QED) is 0.471. The molecule has 0 saturated carbocycles. The number of benzene rings is 3. The smallest absolute Gasteiger partial charge is 0.337 e. The van der Waals surface area contributed by atoms with Crippen molar-refractivity contribution in [1.82, 2.24) is 0 Å². The van der Waals surface area contributed by atoms with Gasteiger partial charge in [0, 0.05) is 23.5 Å². The number of amides is 1. The molecule has 0 spiro atoms. The highest BCUT2D eigenvalue weighted by Crippen LogP contribution is 2.28. The highest BCUT2D eigenvalue weighted by Gasteiger charge is 2.19. The number of anilines is 3. The number of ether oxygens (including phenoxy) is 1. The predicted octanol–water partition coefficient (Wildman–Crippen LogP) is 5.42. The molecule has 0 aliphatic heterocycles. The van der Waals surface area contributed by atoms with Gasteiger partial charge in [0.2, 0.25) is 0 Å². The number of hydrogen-bond donors (Lipinski definition) is 3. The number of carboxylic acids is 1. The normalized spacial score (nSPS) is 11.6. The zero-order valence-electron chi connectivity index (χ0n) is 16.5. The maximum atomic E-state index is 12.9. The first kappa shape index (κ1) is 21.4. The molecule has 3 N–H and O–H groups in total. The van der Waals surface area contributed by atoms with Gasteiger partial charge in [0.05, 0.1) is 11.3 Å². The van der Waals surface area contributed by atoms with Crippen LogP contribution in [0.4, 0.5) is 17.1 Å². The van der Waals surface area contributed by atoms with Gasteiger partial charge in [-0.1, -0.05) is 41.9 Å². The van der Waals surface area contributed by atoms with Crippen molar-refractivity contribution in [1.29, 1.82) is 0 Å². The van der Waals surface area contributed by atoms with E-state index >= 15 is 0 Å². The SMILES string of the molecule is COC(C(=O)O)c1ccc(NC(=O)c2ccccc2Nc2cccc(Cl)c2C)cc1. The summed E-state index contributed by atoms with van der Waals surface area (Å²) in [6.45, 7) is 1.90. The van der Waals surface area contributed by atoms with Crippen LogP contribution in [-0.4, -0.2) is 24.1 Å². The lowest BCUT2D eigenvalue weighted by Crippen LogP contribution is -2.15. The first-order chi connectivity index (χ1) is 14.4. The molecular formula is C23H21ClN2O4. The minimum absolute atomic E-state index is 0.299. The number of carbonyl (C=O) groups is 2. The molecule has 0 aliphatic rings. The van der Waals surface area contributed by atoms with Gasteiger partial charge in [0.1, 0.15) is 0 Å². The number of methoxy groups -OCH3 is 1. The molecule has 0 bridgehead atoms. The number of para-hydroxylation sites is 1. The summed E-state index contributed by atoms with van der Waals surface area (Å²) < 4.78 is 4.97. The minimum Gasteiger partial charge on any atom is -0.479 e. The molecule has 0 aromatic heterocycles. The van der Waals surface area contributed by atoms with E-state index < -0.39 is 12.1 Å². The summed E-state index contributed by atoms with van der Waals surface area (Å²) in [5.74, 6) is -1.38. The van der Waals surface area contributed by atoms with Crippen LogP contribution in [0.1, 0.15) is 27.6 Å². The van der Waals surface area contributed by atoms with E-state index in [1.807, 2.05) is 37.3 Å². The maximum Gasteiger partial charge on any atom is 0.337 e. The van der Waals surface area contributed by atoms with Gasteiger partial charge in [-0.2, -0.15) is 0 Å². The van der Waals surface area contributed by atoms with Crippen LogP contribution >= 0.6 is 11.6 Å². The lowest BCUT2D eigenvalue weighted by Gasteiger charge is -2.15. The van der Waals surface area contributed by atoms with Crippen molar-refractivity contribution in [2.75, 3.05) is 17.7 Å². The van der Waals surface area contributed by atoms with E-state index in [1.54, 1.807) is 36.4 Å². The molecule has 0 radical (unpaired) electrons. The molecule has 1 amide bonds. The van der Waals surface area contributed by atoms with E-state index in [1.165, 1.54) is 7.11 Å². The van der Waals surface area contributed by atoms with Crippen molar-refractivity contribution in [2.24, 2.45) is 0 Å². The molecule has 7 heteroatoms. The van der Waals surface area contributed by atoms with Gasteiger partial charge >= 0.3 is 5.97 Å². The Labute approximate surface area is 179 Å². The summed E-state index contributed by atoms with van der Waals surface area (Å²) >= 11 is 6.19. The number of aliphatic carboxylic acids is 1. The van der Waals surface area contributed by atoms with Gasteiger partial charge in [-0.25, -0.2) is 4.79 Å². The predicted molar refractivity (Wildman–Crippen MR) is 118 cm³/mol. The molecule has 1 atom stereocenters. The van der Waals surface area contributed by atoms with Crippen molar-refractivity contribution < 1.29 is 19.4 Å². The molecule has 30 heavy (non-hydrogen) atoms. The Morgan fingerprint density at radius 1 is 0.967 bits per heavy atom. The van der Waals surface area contributed by atoms with Gasteiger partial charge in [-0.15, -0.1) is 0 Å². The lowest BCUT2D eigenvalue weighted by molar-refractivity contribution is -0.148. The van der Waals surface area contributed by atoms with E-state index in [0.717, 1.165) is 11.3 Å². The van der Waals surface area contributed by atoms with E-state index in [4.69, 9.17) is 21.4 Å². The van der Waals surface area contributed by atoms with Gasteiger partial charge < -0.3 is 20.5 Å². The summed E-state index contributed by atoms with van der Waals surface area (Å²) in [6, 6.07) is 19.2. The maximum absolute atomic E-state index is 12.9. The van der Waals surface area contributed by atoms with Crippen LogP contribution in [0.5, 0.6) is 0 Å². The van der Waals surface area contributed by atoms with E-state index in [-0.39, 0.29) is 5.91 Å². The fourth-order valence-electron chi connectivity index (χ4n) is 3.00. The van der Waals surface area contributed by atoms with Gasteiger partial charge in [-0.3, -0.25) is 4.79 Å². The molecular weight excluding hydrogens is 404 g/mol. The second-order valence-corrected chi connectivity index (χ2v) is 7.02. The van der Waals surface area contributed by atoms with Crippen molar-refractivity contribution >= 4 is 40.5 Å².